The van der Waals surface area contributed by atoms with Crippen LogP contribution in [0.25, 0.3) is 0 Å². The molecular weight excluding hydrogens is 290 g/mol. The molecule has 0 amide bonds. The number of nitrogens with zero attached hydrogens (tertiary/aromatic N) is 1. The summed E-state index contributed by atoms with van der Waals surface area (Å²) >= 11 is 0. The highest BCUT2D eigenvalue weighted by atomic mass is 15.4. The van der Waals surface area contributed by atoms with E-state index in [1.807, 2.05) is 0 Å². The first kappa shape index (κ1) is 24.0. The van der Waals surface area contributed by atoms with Crippen molar-refractivity contribution in [2.45, 2.75) is 130 Å². The zero-order valence-electron chi connectivity index (χ0n) is 18.3. The molecule has 0 aliphatic rings. The summed E-state index contributed by atoms with van der Waals surface area (Å²) in [7, 11) is 2.55. The lowest BCUT2D eigenvalue weighted by molar-refractivity contribution is -0.956. The minimum Gasteiger partial charge on any atom is -0.322 e. The van der Waals surface area contributed by atoms with Gasteiger partial charge in [-0.15, -0.1) is 0 Å². The Hall–Kier alpha value is -0.0400. The second-order valence-corrected chi connectivity index (χ2v) is 8.94. The lowest BCUT2D eigenvalue weighted by atomic mass is 9.92. The maximum atomic E-state index is 2.55. The molecule has 0 saturated carbocycles. The van der Waals surface area contributed by atoms with Gasteiger partial charge in [-0.1, -0.05) is 78.6 Å². The van der Waals surface area contributed by atoms with Crippen molar-refractivity contribution >= 4 is 0 Å². The minimum atomic E-state index is 0.432. The van der Waals surface area contributed by atoms with E-state index in [0.717, 1.165) is 0 Å². The Morgan fingerprint density at radius 2 is 0.917 bits per heavy atom. The third kappa shape index (κ3) is 10.1. The molecule has 0 aromatic rings. The largest absolute Gasteiger partial charge is 0.322 e. The van der Waals surface area contributed by atoms with Crippen LogP contribution >= 0.6 is 0 Å². The van der Waals surface area contributed by atoms with E-state index >= 15 is 0 Å². The number of quaternary nitrogens is 1. The molecule has 146 valence electrons. The summed E-state index contributed by atoms with van der Waals surface area (Å²) in [6, 6.07) is 0. The molecule has 0 N–H and O–H groups in total. The molecule has 0 spiro atoms. The van der Waals surface area contributed by atoms with Gasteiger partial charge >= 0.3 is 0 Å². The predicted molar refractivity (Wildman–Crippen MR) is 112 cm³/mol. The molecular formula is C23H50N+. The van der Waals surface area contributed by atoms with E-state index < -0.39 is 0 Å². The van der Waals surface area contributed by atoms with Crippen LogP contribution < -0.4 is 0 Å². The van der Waals surface area contributed by atoms with Crippen LogP contribution in [-0.4, -0.2) is 30.2 Å². The predicted octanol–water partition coefficient (Wildman–Crippen LogP) is 7.73. The van der Waals surface area contributed by atoms with Gasteiger partial charge in [0.25, 0.3) is 0 Å². The molecule has 0 atom stereocenters. The molecule has 0 bridgehead atoms. The number of unbranched alkanes of at least 4 members (excludes halogenated alkanes) is 10. The van der Waals surface area contributed by atoms with E-state index in [0.29, 0.717) is 5.54 Å². The first-order chi connectivity index (χ1) is 11.4. The van der Waals surface area contributed by atoms with E-state index in [1.54, 1.807) is 0 Å². The Labute approximate surface area is 155 Å². The van der Waals surface area contributed by atoms with Crippen molar-refractivity contribution in [1.82, 2.24) is 0 Å². The van der Waals surface area contributed by atoms with Crippen LogP contribution in [0.4, 0.5) is 0 Å². The average Bonchev–Trinajstić information content (AvgIpc) is 2.54. The highest BCUT2D eigenvalue weighted by molar-refractivity contribution is 4.70. The van der Waals surface area contributed by atoms with Gasteiger partial charge in [-0.3, -0.25) is 0 Å². The second-order valence-electron chi connectivity index (χ2n) is 8.94. The summed E-state index contributed by atoms with van der Waals surface area (Å²) in [6.45, 7) is 14.8. The summed E-state index contributed by atoms with van der Waals surface area (Å²) in [6.07, 6.45) is 19.7. The van der Waals surface area contributed by atoms with Crippen molar-refractivity contribution in [2.24, 2.45) is 0 Å². The number of hydrogen-bond donors (Lipinski definition) is 0. The highest BCUT2D eigenvalue weighted by Crippen LogP contribution is 2.29. The molecule has 24 heavy (non-hydrogen) atoms. The first-order valence-corrected chi connectivity index (χ1v) is 11.3. The molecule has 0 saturated heterocycles. The summed E-state index contributed by atoms with van der Waals surface area (Å²) in [5, 5.41) is 0. The van der Waals surface area contributed by atoms with E-state index in [2.05, 4.69) is 41.7 Å². The van der Waals surface area contributed by atoms with Gasteiger partial charge in [-0.05, 0) is 39.5 Å². The quantitative estimate of drug-likeness (QED) is 0.188. The Kier molecular flexibility index (Phi) is 14.1. The zero-order chi connectivity index (χ0) is 18.3. The molecule has 0 unspecified atom stereocenters. The molecule has 0 heterocycles. The van der Waals surface area contributed by atoms with Crippen LogP contribution in [0.3, 0.4) is 0 Å². The molecule has 1 nitrogen and oxygen atoms in total. The SMILES string of the molecule is CCCCCCCC[N+](C)(CCCCCCCC)C(C)(C)CCC. The third-order valence-electron chi connectivity index (χ3n) is 6.33. The fourth-order valence-corrected chi connectivity index (χ4v) is 4.08. The number of hydrogen-bond acceptors (Lipinski definition) is 0. The van der Waals surface area contributed by atoms with Crippen molar-refractivity contribution < 1.29 is 4.48 Å². The molecule has 0 rings (SSSR count). The van der Waals surface area contributed by atoms with E-state index in [9.17, 15) is 0 Å². The smallest absolute Gasteiger partial charge is 0.0933 e. The maximum absolute atomic E-state index is 2.55. The lowest BCUT2D eigenvalue weighted by Crippen LogP contribution is -2.59. The van der Waals surface area contributed by atoms with Crippen LogP contribution in [0.1, 0.15) is 125 Å². The van der Waals surface area contributed by atoms with Gasteiger partial charge < -0.3 is 4.48 Å². The van der Waals surface area contributed by atoms with Crippen LogP contribution in [-0.2, 0) is 0 Å². The molecule has 0 radical (unpaired) electrons. The monoisotopic (exact) mass is 340 g/mol. The minimum absolute atomic E-state index is 0.432. The Bertz CT molecular complexity index is 253. The van der Waals surface area contributed by atoms with Crippen molar-refractivity contribution in [2.75, 3.05) is 20.1 Å². The first-order valence-electron chi connectivity index (χ1n) is 11.3. The fraction of sp³-hybridized carbons (Fsp3) is 1.00. The normalized spacial score (nSPS) is 12.8. The van der Waals surface area contributed by atoms with Crippen molar-refractivity contribution in [1.29, 1.82) is 0 Å². The maximum Gasteiger partial charge on any atom is 0.0933 e. The summed E-state index contributed by atoms with van der Waals surface area (Å²) < 4.78 is 1.29. The molecule has 0 fully saturated rings. The standard InChI is InChI=1S/C23H50N/c1-7-10-12-14-16-18-21-24(6,23(4,5)20-9-3)22-19-17-15-13-11-8-2/h7-22H2,1-6H3/q+1. The zero-order valence-corrected chi connectivity index (χ0v) is 18.3. The van der Waals surface area contributed by atoms with Gasteiger partial charge in [0.15, 0.2) is 0 Å². The topological polar surface area (TPSA) is 0 Å². The van der Waals surface area contributed by atoms with Gasteiger partial charge in [-0.25, -0.2) is 0 Å². The van der Waals surface area contributed by atoms with Crippen molar-refractivity contribution in [3.8, 4) is 0 Å². The van der Waals surface area contributed by atoms with E-state index in [1.165, 1.54) is 107 Å². The van der Waals surface area contributed by atoms with Crippen molar-refractivity contribution in [3.63, 3.8) is 0 Å². The van der Waals surface area contributed by atoms with Crippen LogP contribution in [0.5, 0.6) is 0 Å². The Balaban J connectivity index is 4.33. The summed E-state index contributed by atoms with van der Waals surface area (Å²) in [5.41, 5.74) is 0.432. The molecule has 0 aromatic heterocycles. The molecule has 0 aromatic carbocycles. The van der Waals surface area contributed by atoms with Gasteiger partial charge in [0.1, 0.15) is 0 Å². The summed E-state index contributed by atoms with van der Waals surface area (Å²) in [4.78, 5) is 0. The highest BCUT2D eigenvalue weighted by Gasteiger charge is 2.38. The van der Waals surface area contributed by atoms with Gasteiger partial charge in [0.2, 0.25) is 0 Å². The lowest BCUT2D eigenvalue weighted by Gasteiger charge is -2.48. The van der Waals surface area contributed by atoms with Crippen LogP contribution in [0.15, 0.2) is 0 Å². The van der Waals surface area contributed by atoms with Gasteiger partial charge in [-0.2, -0.15) is 0 Å². The summed E-state index contributed by atoms with van der Waals surface area (Å²) in [5.74, 6) is 0. The van der Waals surface area contributed by atoms with Gasteiger partial charge in [0.05, 0.1) is 25.7 Å². The number of rotatable bonds is 17. The van der Waals surface area contributed by atoms with Crippen LogP contribution in [0, 0.1) is 0 Å². The molecule has 0 aliphatic heterocycles. The van der Waals surface area contributed by atoms with E-state index in [-0.39, 0.29) is 0 Å². The van der Waals surface area contributed by atoms with Gasteiger partial charge in [0, 0.05) is 6.42 Å². The fourth-order valence-electron chi connectivity index (χ4n) is 4.08. The van der Waals surface area contributed by atoms with E-state index in [4.69, 9.17) is 0 Å². The van der Waals surface area contributed by atoms with Crippen LogP contribution in [0.2, 0.25) is 0 Å². The van der Waals surface area contributed by atoms with Crippen molar-refractivity contribution in [3.05, 3.63) is 0 Å². The Morgan fingerprint density at radius 1 is 0.542 bits per heavy atom. The third-order valence-corrected chi connectivity index (χ3v) is 6.33. The molecule has 1 heteroatoms. The Morgan fingerprint density at radius 3 is 1.29 bits per heavy atom. The average molecular weight is 341 g/mol. The molecule has 0 aliphatic carbocycles. The second kappa shape index (κ2) is 14.2.